The van der Waals surface area contributed by atoms with Crippen LogP contribution >= 0.6 is 0 Å². The monoisotopic (exact) mass is 238 g/mol. The molecule has 17 heavy (non-hydrogen) atoms. The van der Waals surface area contributed by atoms with Crippen molar-refractivity contribution in [2.45, 2.75) is 13.5 Å². The standard InChI is InChI=1S/C10H14N4O3/c1-6-7(10(11)13(2)12-6)3-14-8(15)4-17-5-9(14)16/h3-5,11H2,1-2H3. The van der Waals surface area contributed by atoms with Gasteiger partial charge in [0.25, 0.3) is 11.8 Å². The van der Waals surface area contributed by atoms with E-state index in [0.29, 0.717) is 11.4 Å². The number of rotatable bonds is 2. The molecule has 0 spiro atoms. The molecule has 2 rings (SSSR count). The van der Waals surface area contributed by atoms with Gasteiger partial charge in [0.1, 0.15) is 19.0 Å². The van der Waals surface area contributed by atoms with Crippen LogP contribution < -0.4 is 5.73 Å². The molecule has 1 aromatic heterocycles. The Hall–Kier alpha value is -1.89. The topological polar surface area (TPSA) is 90.5 Å². The second kappa shape index (κ2) is 4.17. The van der Waals surface area contributed by atoms with Crippen molar-refractivity contribution >= 4 is 17.6 Å². The molecule has 2 heterocycles. The Morgan fingerprint density at radius 3 is 2.41 bits per heavy atom. The highest BCUT2D eigenvalue weighted by Crippen LogP contribution is 2.18. The number of nitrogen functional groups attached to an aromatic ring is 1. The minimum atomic E-state index is -0.344. The van der Waals surface area contributed by atoms with E-state index in [1.165, 1.54) is 4.68 Å². The van der Waals surface area contributed by atoms with Gasteiger partial charge >= 0.3 is 0 Å². The van der Waals surface area contributed by atoms with Crippen molar-refractivity contribution in [1.82, 2.24) is 14.7 Å². The Labute approximate surface area is 98.1 Å². The Bertz CT molecular complexity index is 464. The molecule has 0 saturated carbocycles. The van der Waals surface area contributed by atoms with Crippen molar-refractivity contribution in [2.75, 3.05) is 18.9 Å². The summed E-state index contributed by atoms with van der Waals surface area (Å²) >= 11 is 0. The third-order valence-electron chi connectivity index (χ3n) is 2.76. The maximum atomic E-state index is 11.6. The van der Waals surface area contributed by atoms with Crippen molar-refractivity contribution in [2.24, 2.45) is 7.05 Å². The van der Waals surface area contributed by atoms with Crippen LogP contribution in [-0.4, -0.2) is 39.7 Å². The van der Waals surface area contributed by atoms with Crippen LogP contribution in [0.1, 0.15) is 11.3 Å². The second-order valence-electron chi connectivity index (χ2n) is 3.94. The molecule has 2 N–H and O–H groups in total. The van der Waals surface area contributed by atoms with Crippen LogP contribution in [0.15, 0.2) is 0 Å². The van der Waals surface area contributed by atoms with E-state index in [0.717, 1.165) is 10.6 Å². The van der Waals surface area contributed by atoms with Crippen LogP contribution in [-0.2, 0) is 27.9 Å². The van der Waals surface area contributed by atoms with E-state index in [4.69, 9.17) is 10.5 Å². The predicted molar refractivity (Wildman–Crippen MR) is 58.7 cm³/mol. The van der Waals surface area contributed by atoms with Gasteiger partial charge in [-0.2, -0.15) is 5.10 Å². The zero-order valence-corrected chi connectivity index (χ0v) is 9.77. The summed E-state index contributed by atoms with van der Waals surface area (Å²) in [6, 6.07) is 0. The minimum Gasteiger partial charge on any atom is -0.384 e. The number of nitrogens with zero attached hydrogens (tertiary/aromatic N) is 3. The number of carbonyl (C=O) groups is 2. The van der Waals surface area contributed by atoms with Gasteiger partial charge in [-0.3, -0.25) is 19.2 Å². The summed E-state index contributed by atoms with van der Waals surface area (Å²) in [5.41, 5.74) is 7.26. The average molecular weight is 238 g/mol. The van der Waals surface area contributed by atoms with E-state index in [2.05, 4.69) is 5.10 Å². The minimum absolute atomic E-state index is 0.0645. The highest BCUT2D eigenvalue weighted by atomic mass is 16.5. The zero-order chi connectivity index (χ0) is 12.6. The molecule has 1 saturated heterocycles. The van der Waals surface area contributed by atoms with Crippen LogP contribution in [0, 0.1) is 6.92 Å². The first-order valence-electron chi connectivity index (χ1n) is 5.19. The molecule has 92 valence electrons. The summed E-state index contributed by atoms with van der Waals surface area (Å²) in [4.78, 5) is 24.3. The van der Waals surface area contributed by atoms with Gasteiger partial charge in [0, 0.05) is 12.6 Å². The zero-order valence-electron chi connectivity index (χ0n) is 9.77. The highest BCUT2D eigenvalue weighted by molar-refractivity contribution is 5.98. The van der Waals surface area contributed by atoms with Crippen molar-refractivity contribution in [1.29, 1.82) is 0 Å². The van der Waals surface area contributed by atoms with Gasteiger partial charge in [0.2, 0.25) is 0 Å². The molecule has 0 radical (unpaired) electrons. The summed E-state index contributed by atoms with van der Waals surface area (Å²) in [6.45, 7) is 1.82. The lowest BCUT2D eigenvalue weighted by Crippen LogP contribution is -2.45. The van der Waals surface area contributed by atoms with Crippen molar-refractivity contribution < 1.29 is 14.3 Å². The van der Waals surface area contributed by atoms with Gasteiger partial charge in [-0.25, -0.2) is 0 Å². The molecule has 1 aliphatic rings. The number of nitrogens with two attached hydrogens (primary N) is 1. The molecule has 1 fully saturated rings. The average Bonchev–Trinajstić information content (AvgIpc) is 2.49. The van der Waals surface area contributed by atoms with Crippen LogP contribution in [0.2, 0.25) is 0 Å². The summed E-state index contributed by atoms with van der Waals surface area (Å²) in [7, 11) is 1.72. The van der Waals surface area contributed by atoms with Gasteiger partial charge in [-0.1, -0.05) is 0 Å². The fourth-order valence-electron chi connectivity index (χ4n) is 1.77. The summed E-state index contributed by atoms with van der Waals surface area (Å²) in [5.74, 6) is -0.220. The molecule has 1 aliphatic heterocycles. The lowest BCUT2D eigenvalue weighted by atomic mass is 10.2. The van der Waals surface area contributed by atoms with E-state index in [9.17, 15) is 9.59 Å². The first-order valence-corrected chi connectivity index (χ1v) is 5.19. The maximum absolute atomic E-state index is 11.6. The van der Waals surface area contributed by atoms with Crippen LogP contribution in [0.3, 0.4) is 0 Å². The molecule has 0 bridgehead atoms. The largest absolute Gasteiger partial charge is 0.384 e. The maximum Gasteiger partial charge on any atom is 0.255 e. The molecule has 0 unspecified atom stereocenters. The molecular formula is C10H14N4O3. The molecule has 7 heteroatoms. The SMILES string of the molecule is Cc1nn(C)c(N)c1CN1C(=O)COCC1=O. The number of aryl methyl sites for hydroxylation is 2. The van der Waals surface area contributed by atoms with Crippen LogP contribution in [0.5, 0.6) is 0 Å². The van der Waals surface area contributed by atoms with Gasteiger partial charge in [-0.05, 0) is 6.92 Å². The summed E-state index contributed by atoms with van der Waals surface area (Å²) in [5, 5.41) is 4.14. The quantitative estimate of drug-likeness (QED) is 0.681. The van der Waals surface area contributed by atoms with Crippen molar-refractivity contribution in [3.05, 3.63) is 11.3 Å². The predicted octanol–water partition coefficient (Wildman–Crippen LogP) is -0.804. The molecule has 0 aliphatic carbocycles. The fourth-order valence-corrected chi connectivity index (χ4v) is 1.77. The van der Waals surface area contributed by atoms with Gasteiger partial charge in [0.05, 0.1) is 12.2 Å². The molecule has 7 nitrogen and oxygen atoms in total. The number of amides is 2. The molecule has 0 aromatic carbocycles. The van der Waals surface area contributed by atoms with Gasteiger partial charge in [0.15, 0.2) is 0 Å². The fraction of sp³-hybridized carbons (Fsp3) is 0.500. The second-order valence-corrected chi connectivity index (χ2v) is 3.94. The van der Waals surface area contributed by atoms with Crippen LogP contribution in [0.4, 0.5) is 5.82 Å². The Balaban J connectivity index is 2.25. The van der Waals surface area contributed by atoms with Crippen molar-refractivity contribution in [3.8, 4) is 0 Å². The third kappa shape index (κ3) is 2.01. The van der Waals surface area contributed by atoms with E-state index in [1.807, 2.05) is 0 Å². The highest BCUT2D eigenvalue weighted by Gasteiger charge is 2.28. The number of morpholine rings is 1. The van der Waals surface area contributed by atoms with Gasteiger partial charge < -0.3 is 10.5 Å². The molecule has 0 atom stereocenters. The third-order valence-corrected chi connectivity index (χ3v) is 2.76. The normalized spacial score (nSPS) is 16.7. The summed E-state index contributed by atoms with van der Waals surface area (Å²) in [6.07, 6.45) is 0. The van der Waals surface area contributed by atoms with Crippen molar-refractivity contribution in [3.63, 3.8) is 0 Å². The van der Waals surface area contributed by atoms with E-state index < -0.39 is 0 Å². The van der Waals surface area contributed by atoms with E-state index in [1.54, 1.807) is 14.0 Å². The number of ether oxygens (including phenoxy) is 1. The number of hydrogen-bond donors (Lipinski definition) is 1. The Morgan fingerprint density at radius 1 is 1.35 bits per heavy atom. The molecular weight excluding hydrogens is 224 g/mol. The van der Waals surface area contributed by atoms with E-state index >= 15 is 0 Å². The number of hydrogen-bond acceptors (Lipinski definition) is 5. The van der Waals surface area contributed by atoms with Crippen LogP contribution in [0.25, 0.3) is 0 Å². The lowest BCUT2D eigenvalue weighted by Gasteiger charge is -2.24. The van der Waals surface area contributed by atoms with Gasteiger partial charge in [-0.15, -0.1) is 0 Å². The Morgan fingerprint density at radius 2 is 1.94 bits per heavy atom. The summed E-state index contributed by atoms with van der Waals surface area (Å²) < 4.78 is 6.36. The first kappa shape index (κ1) is 11.6. The smallest absolute Gasteiger partial charge is 0.255 e. The Kier molecular flexibility index (Phi) is 2.84. The molecule has 2 amide bonds. The number of imide groups is 1. The van der Waals surface area contributed by atoms with E-state index in [-0.39, 0.29) is 31.6 Å². The lowest BCUT2D eigenvalue weighted by molar-refractivity contribution is -0.159. The first-order chi connectivity index (χ1) is 8.00. The molecule has 1 aromatic rings. The number of anilines is 1. The number of aromatic nitrogens is 2. The number of carbonyl (C=O) groups excluding carboxylic acids is 2.